The van der Waals surface area contributed by atoms with Gasteiger partial charge in [-0.2, -0.15) is 4.31 Å². The van der Waals surface area contributed by atoms with E-state index in [1.165, 1.54) is 0 Å². The van der Waals surface area contributed by atoms with Gasteiger partial charge in [0.25, 0.3) is 0 Å². The molecule has 124 valence electrons. The Kier molecular flexibility index (Phi) is 3.83. The summed E-state index contributed by atoms with van der Waals surface area (Å²) in [5.74, 6) is -2.80. The molecule has 3 atom stereocenters. The number of hydrogen-bond acceptors (Lipinski definition) is 4. The van der Waals surface area contributed by atoms with E-state index in [0.717, 1.165) is 16.4 Å². The molecule has 1 aliphatic carbocycles. The minimum atomic E-state index is -4.24. The first-order valence-electron chi connectivity index (χ1n) is 6.61. The lowest BCUT2D eigenvalue weighted by atomic mass is 10.2. The monoisotopic (exact) mass is 379 g/mol. The summed E-state index contributed by atoms with van der Waals surface area (Å²) in [4.78, 5) is 22.1. The fourth-order valence-corrected chi connectivity index (χ4v) is 5.51. The van der Waals surface area contributed by atoms with Crippen LogP contribution in [0.4, 0.5) is 0 Å². The van der Waals surface area contributed by atoms with E-state index in [-0.39, 0.29) is 28.4 Å². The van der Waals surface area contributed by atoms with Crippen molar-refractivity contribution in [1.29, 1.82) is 0 Å². The smallest absolute Gasteiger partial charge is 0.337 e. The third kappa shape index (κ3) is 2.59. The molecule has 2 aliphatic rings. The maximum Gasteiger partial charge on any atom is 0.337 e. The maximum absolute atomic E-state index is 12.8. The van der Waals surface area contributed by atoms with Gasteiger partial charge in [0.2, 0.25) is 10.0 Å². The number of aromatic carboxylic acids is 1. The molecule has 1 aromatic carbocycles. The quantitative estimate of drug-likeness (QED) is 0.824. The van der Waals surface area contributed by atoms with Crippen LogP contribution in [0.5, 0.6) is 0 Å². The summed E-state index contributed by atoms with van der Waals surface area (Å²) < 4.78 is 26.4. The SMILES string of the molecule is O=C(O)c1cc(S(=O)(=O)N2C[C@H]3C[C@@H]3[C@@H]2C(=O)O)c(Cl)cc1Cl. The number of carbonyl (C=O) groups is 2. The van der Waals surface area contributed by atoms with Crippen molar-refractivity contribution in [3.8, 4) is 0 Å². The van der Waals surface area contributed by atoms with Crippen LogP contribution < -0.4 is 0 Å². The number of fused-ring (bicyclic) bond motifs is 1. The summed E-state index contributed by atoms with van der Waals surface area (Å²) in [5.41, 5.74) is -0.411. The topological polar surface area (TPSA) is 112 Å². The van der Waals surface area contributed by atoms with E-state index in [0.29, 0.717) is 6.42 Å². The van der Waals surface area contributed by atoms with Gasteiger partial charge in [-0.1, -0.05) is 23.2 Å². The molecule has 0 bridgehead atoms. The molecule has 1 aromatic rings. The van der Waals surface area contributed by atoms with Crippen molar-refractivity contribution in [3.05, 3.63) is 27.7 Å². The molecule has 2 fully saturated rings. The van der Waals surface area contributed by atoms with Gasteiger partial charge in [-0.05, 0) is 30.4 Å². The van der Waals surface area contributed by atoms with Crippen molar-refractivity contribution in [2.45, 2.75) is 17.4 Å². The van der Waals surface area contributed by atoms with Gasteiger partial charge in [-0.15, -0.1) is 0 Å². The van der Waals surface area contributed by atoms with Crippen LogP contribution in [0.3, 0.4) is 0 Å². The van der Waals surface area contributed by atoms with E-state index >= 15 is 0 Å². The van der Waals surface area contributed by atoms with Crippen molar-refractivity contribution in [2.75, 3.05) is 6.54 Å². The molecule has 7 nitrogen and oxygen atoms in total. The lowest BCUT2D eigenvalue weighted by Gasteiger charge is -2.24. The second-order valence-electron chi connectivity index (χ2n) is 5.59. The van der Waals surface area contributed by atoms with E-state index in [4.69, 9.17) is 28.3 Å². The zero-order chi connectivity index (χ0) is 17.1. The summed E-state index contributed by atoms with van der Waals surface area (Å²) in [6, 6.07) is 0.752. The van der Waals surface area contributed by atoms with Crippen LogP contribution in [0.25, 0.3) is 0 Å². The minimum absolute atomic E-state index is 0.0240. The molecule has 0 aromatic heterocycles. The Bertz CT molecular complexity index is 824. The Hall–Kier alpha value is -1.35. The number of benzene rings is 1. The van der Waals surface area contributed by atoms with Crippen LogP contribution in [-0.2, 0) is 14.8 Å². The molecule has 3 rings (SSSR count). The predicted molar refractivity (Wildman–Crippen MR) is 80.3 cm³/mol. The molecule has 0 amide bonds. The fraction of sp³-hybridized carbons (Fsp3) is 0.385. The van der Waals surface area contributed by atoms with Crippen LogP contribution in [0.15, 0.2) is 17.0 Å². The molecule has 23 heavy (non-hydrogen) atoms. The van der Waals surface area contributed by atoms with Crippen LogP contribution in [-0.4, -0.2) is 47.5 Å². The van der Waals surface area contributed by atoms with Crippen LogP contribution >= 0.6 is 23.2 Å². The van der Waals surface area contributed by atoms with E-state index in [1.54, 1.807) is 0 Å². The molecule has 1 aliphatic heterocycles. The molecule has 2 N–H and O–H groups in total. The summed E-state index contributed by atoms with van der Waals surface area (Å²) >= 11 is 11.7. The first kappa shape index (κ1) is 16.5. The second-order valence-corrected chi connectivity index (χ2v) is 8.26. The van der Waals surface area contributed by atoms with Crippen molar-refractivity contribution in [3.63, 3.8) is 0 Å². The molecular weight excluding hydrogens is 369 g/mol. The van der Waals surface area contributed by atoms with E-state index in [1.807, 2.05) is 0 Å². The molecule has 0 spiro atoms. The van der Waals surface area contributed by atoms with Gasteiger partial charge in [0, 0.05) is 6.54 Å². The number of sulfonamides is 1. The van der Waals surface area contributed by atoms with Crippen molar-refractivity contribution in [2.24, 2.45) is 11.8 Å². The number of aliphatic carboxylic acids is 1. The molecule has 0 unspecified atom stereocenters. The van der Waals surface area contributed by atoms with Gasteiger partial charge in [-0.3, -0.25) is 4.79 Å². The average molecular weight is 380 g/mol. The summed E-state index contributed by atoms with van der Waals surface area (Å²) in [5, 5.41) is 17.9. The fourth-order valence-electron chi connectivity index (χ4n) is 3.00. The number of rotatable bonds is 4. The Balaban J connectivity index is 2.08. The van der Waals surface area contributed by atoms with Crippen LogP contribution in [0.2, 0.25) is 10.0 Å². The van der Waals surface area contributed by atoms with Gasteiger partial charge in [-0.25, -0.2) is 13.2 Å². The Morgan fingerprint density at radius 1 is 1.17 bits per heavy atom. The number of hydrogen-bond donors (Lipinski definition) is 2. The Labute approximate surface area is 141 Å². The lowest BCUT2D eigenvalue weighted by molar-refractivity contribution is -0.141. The zero-order valence-electron chi connectivity index (χ0n) is 11.4. The third-order valence-corrected chi connectivity index (χ3v) is 6.82. The summed E-state index contributed by atoms with van der Waals surface area (Å²) in [7, 11) is -4.24. The zero-order valence-corrected chi connectivity index (χ0v) is 13.8. The largest absolute Gasteiger partial charge is 0.480 e. The number of carboxylic acid groups (broad SMARTS) is 2. The highest BCUT2D eigenvalue weighted by atomic mass is 35.5. The van der Waals surface area contributed by atoms with Crippen molar-refractivity contribution in [1.82, 2.24) is 4.31 Å². The molecule has 10 heteroatoms. The lowest BCUT2D eigenvalue weighted by Crippen LogP contribution is -2.43. The van der Waals surface area contributed by atoms with E-state index in [2.05, 4.69) is 0 Å². The molecule has 0 radical (unpaired) electrons. The number of nitrogens with zero attached hydrogens (tertiary/aromatic N) is 1. The van der Waals surface area contributed by atoms with Gasteiger partial charge < -0.3 is 10.2 Å². The number of carboxylic acids is 2. The van der Waals surface area contributed by atoms with Crippen molar-refractivity contribution < 1.29 is 28.2 Å². The summed E-state index contributed by atoms with van der Waals surface area (Å²) in [6.07, 6.45) is 0.678. The van der Waals surface area contributed by atoms with E-state index < -0.39 is 38.5 Å². The first-order chi connectivity index (χ1) is 10.6. The number of halogens is 2. The highest BCUT2D eigenvalue weighted by Gasteiger charge is 2.59. The first-order valence-corrected chi connectivity index (χ1v) is 8.81. The van der Waals surface area contributed by atoms with Crippen LogP contribution in [0.1, 0.15) is 16.8 Å². The normalized spacial score (nSPS) is 26.8. The maximum atomic E-state index is 12.8. The third-order valence-electron chi connectivity index (χ3n) is 4.20. The molecule has 1 saturated heterocycles. The average Bonchev–Trinajstić information content (AvgIpc) is 3.07. The van der Waals surface area contributed by atoms with Crippen LogP contribution in [0, 0.1) is 11.8 Å². The highest BCUT2D eigenvalue weighted by Crippen LogP contribution is 2.51. The summed E-state index contributed by atoms with van der Waals surface area (Å²) in [6.45, 7) is 0.0886. The van der Waals surface area contributed by atoms with Gasteiger partial charge >= 0.3 is 11.9 Å². The predicted octanol–water partition coefficient (Wildman–Crippen LogP) is 1.79. The molecule has 1 heterocycles. The van der Waals surface area contributed by atoms with Gasteiger partial charge in [0.05, 0.1) is 15.6 Å². The molecular formula is C13H11Cl2NO6S. The van der Waals surface area contributed by atoms with Gasteiger partial charge in [0.1, 0.15) is 10.9 Å². The minimum Gasteiger partial charge on any atom is -0.480 e. The standard InChI is InChI=1S/C13H11Cl2NO6S/c14-8-3-9(15)10(2-7(8)12(17)18)23(21,22)16-4-5-1-6(5)11(16)13(19)20/h2-3,5-6,11H,1,4H2,(H,17,18)(H,19,20)/t5-,6+,11-/m1/s1. The highest BCUT2D eigenvalue weighted by molar-refractivity contribution is 7.89. The Morgan fingerprint density at radius 3 is 2.39 bits per heavy atom. The van der Waals surface area contributed by atoms with Crippen molar-refractivity contribution >= 4 is 45.2 Å². The second kappa shape index (κ2) is 5.34. The van der Waals surface area contributed by atoms with E-state index in [9.17, 15) is 23.1 Å². The van der Waals surface area contributed by atoms with Gasteiger partial charge in [0.15, 0.2) is 0 Å². The Morgan fingerprint density at radius 2 is 1.83 bits per heavy atom. The number of piperidine rings is 1. The molecule has 1 saturated carbocycles.